The largest absolute Gasteiger partial charge is 0.480 e. The molecule has 2 N–H and O–H groups in total. The van der Waals surface area contributed by atoms with E-state index in [2.05, 4.69) is 5.32 Å². The highest BCUT2D eigenvalue weighted by molar-refractivity contribution is 6.30. The van der Waals surface area contributed by atoms with Crippen molar-refractivity contribution in [2.75, 3.05) is 0 Å². The molecule has 2 aromatic rings. The number of hydrogen-bond acceptors (Lipinski definition) is 3. The van der Waals surface area contributed by atoms with E-state index in [-0.39, 0.29) is 18.1 Å². The van der Waals surface area contributed by atoms with Crippen molar-refractivity contribution in [3.8, 4) is 0 Å². The third-order valence-electron chi connectivity index (χ3n) is 3.17. The number of amides is 1. The van der Waals surface area contributed by atoms with Crippen molar-refractivity contribution in [1.29, 1.82) is 0 Å². The quantitative estimate of drug-likeness (QED) is 0.836. The second kappa shape index (κ2) is 8.31. The van der Waals surface area contributed by atoms with Gasteiger partial charge in [0.1, 0.15) is 18.5 Å². The summed E-state index contributed by atoms with van der Waals surface area (Å²) in [4.78, 5) is 23.0. The van der Waals surface area contributed by atoms with Gasteiger partial charge in [-0.05, 0) is 29.3 Å². The van der Waals surface area contributed by atoms with Gasteiger partial charge in [0.15, 0.2) is 0 Å². The minimum atomic E-state index is -1.26. The number of carbonyl (C=O) groups is 2. The van der Waals surface area contributed by atoms with Crippen molar-refractivity contribution in [2.45, 2.75) is 19.1 Å². The monoisotopic (exact) mass is 351 g/mol. The van der Waals surface area contributed by atoms with Crippen LogP contribution in [-0.2, 0) is 22.6 Å². The fraction of sp³-hybridized carbons (Fsp3) is 0.176. The number of carboxylic acids is 1. The van der Waals surface area contributed by atoms with Crippen molar-refractivity contribution in [1.82, 2.24) is 5.32 Å². The van der Waals surface area contributed by atoms with Gasteiger partial charge in [-0.25, -0.2) is 14.0 Å². The Bertz CT molecular complexity index is 704. The van der Waals surface area contributed by atoms with Gasteiger partial charge in [0.05, 0.1) is 0 Å². The standard InChI is InChI=1S/C17H15ClFNO4/c18-13-6-12(7-14(19)9-13)8-15(16(21)22)20-17(23)24-10-11-4-2-1-3-5-11/h1-7,9,15H,8,10H2,(H,20,23)(H,21,22). The average molecular weight is 352 g/mol. The van der Waals surface area contributed by atoms with E-state index in [9.17, 15) is 19.1 Å². The lowest BCUT2D eigenvalue weighted by Crippen LogP contribution is -2.42. The summed E-state index contributed by atoms with van der Waals surface area (Å²) < 4.78 is 18.3. The van der Waals surface area contributed by atoms with Gasteiger partial charge in [-0.3, -0.25) is 0 Å². The highest BCUT2D eigenvalue weighted by Crippen LogP contribution is 2.15. The molecule has 2 rings (SSSR count). The van der Waals surface area contributed by atoms with Crippen LogP contribution in [0.1, 0.15) is 11.1 Å². The number of nitrogens with one attached hydrogen (secondary N) is 1. The van der Waals surface area contributed by atoms with Crippen LogP contribution in [0.3, 0.4) is 0 Å². The Balaban J connectivity index is 1.95. The maximum Gasteiger partial charge on any atom is 0.408 e. The summed E-state index contributed by atoms with van der Waals surface area (Å²) in [6.45, 7) is 0.0187. The number of alkyl carbamates (subject to hydrolysis) is 1. The number of carbonyl (C=O) groups excluding carboxylic acids is 1. The van der Waals surface area contributed by atoms with Crippen molar-refractivity contribution >= 4 is 23.7 Å². The van der Waals surface area contributed by atoms with Gasteiger partial charge in [0.2, 0.25) is 0 Å². The van der Waals surface area contributed by atoms with E-state index in [0.717, 1.165) is 11.6 Å². The lowest BCUT2D eigenvalue weighted by atomic mass is 10.1. The molecule has 0 aliphatic carbocycles. The number of rotatable bonds is 6. The first-order chi connectivity index (χ1) is 11.4. The molecule has 0 saturated carbocycles. The van der Waals surface area contributed by atoms with Gasteiger partial charge < -0.3 is 15.2 Å². The number of ether oxygens (including phenoxy) is 1. The third-order valence-corrected chi connectivity index (χ3v) is 3.38. The Morgan fingerprint density at radius 3 is 2.50 bits per heavy atom. The smallest absolute Gasteiger partial charge is 0.408 e. The summed E-state index contributed by atoms with van der Waals surface area (Å²) >= 11 is 5.74. The molecule has 0 radical (unpaired) electrons. The fourth-order valence-corrected chi connectivity index (χ4v) is 2.32. The SMILES string of the molecule is O=C(NC(Cc1cc(F)cc(Cl)c1)C(=O)O)OCc1ccccc1. The van der Waals surface area contributed by atoms with Gasteiger partial charge in [0.25, 0.3) is 0 Å². The minimum absolute atomic E-state index is 0.0187. The average Bonchev–Trinajstić information content (AvgIpc) is 2.52. The first-order valence-electron chi connectivity index (χ1n) is 7.09. The lowest BCUT2D eigenvalue weighted by Gasteiger charge is -2.15. The molecule has 0 aliphatic heterocycles. The highest BCUT2D eigenvalue weighted by atomic mass is 35.5. The molecule has 0 spiro atoms. The predicted molar refractivity (Wildman–Crippen MR) is 86.3 cm³/mol. The van der Waals surface area contributed by atoms with Crippen molar-refractivity contribution in [3.63, 3.8) is 0 Å². The van der Waals surface area contributed by atoms with Crippen molar-refractivity contribution < 1.29 is 23.8 Å². The van der Waals surface area contributed by atoms with Gasteiger partial charge in [-0.2, -0.15) is 0 Å². The Kier molecular flexibility index (Phi) is 6.14. The van der Waals surface area contributed by atoms with Gasteiger partial charge in [0, 0.05) is 11.4 Å². The van der Waals surface area contributed by atoms with E-state index in [0.29, 0.717) is 5.56 Å². The molecule has 1 amide bonds. The van der Waals surface area contributed by atoms with E-state index in [1.54, 1.807) is 24.3 Å². The van der Waals surface area contributed by atoms with Crippen LogP contribution in [0.15, 0.2) is 48.5 Å². The molecule has 0 bridgehead atoms. The van der Waals surface area contributed by atoms with Crippen molar-refractivity contribution in [3.05, 3.63) is 70.5 Å². The molecule has 1 atom stereocenters. The molecule has 24 heavy (non-hydrogen) atoms. The van der Waals surface area contributed by atoms with Crippen LogP contribution in [0.4, 0.5) is 9.18 Å². The van der Waals surface area contributed by atoms with Gasteiger partial charge >= 0.3 is 12.1 Å². The zero-order chi connectivity index (χ0) is 17.5. The van der Waals surface area contributed by atoms with Crippen LogP contribution in [0.5, 0.6) is 0 Å². The first-order valence-corrected chi connectivity index (χ1v) is 7.47. The Hall–Kier alpha value is -2.60. The van der Waals surface area contributed by atoms with Crippen LogP contribution in [0.25, 0.3) is 0 Å². The maximum atomic E-state index is 13.3. The molecule has 7 heteroatoms. The second-order valence-electron chi connectivity index (χ2n) is 5.08. The zero-order valence-corrected chi connectivity index (χ0v) is 13.3. The number of carboxylic acid groups (broad SMARTS) is 1. The lowest BCUT2D eigenvalue weighted by molar-refractivity contribution is -0.139. The Labute approximate surface area is 143 Å². The number of halogens is 2. The molecule has 0 aliphatic rings. The van der Waals surface area contributed by atoms with Crippen LogP contribution in [0, 0.1) is 5.82 Å². The highest BCUT2D eigenvalue weighted by Gasteiger charge is 2.21. The second-order valence-corrected chi connectivity index (χ2v) is 5.52. The predicted octanol–water partition coefficient (Wildman–Crippen LogP) is 3.40. The molecule has 0 heterocycles. The van der Waals surface area contributed by atoms with E-state index >= 15 is 0 Å². The molecule has 0 saturated heterocycles. The Morgan fingerprint density at radius 1 is 1.17 bits per heavy atom. The summed E-state index contributed by atoms with van der Waals surface area (Å²) in [7, 11) is 0. The van der Waals surface area contributed by atoms with E-state index in [4.69, 9.17) is 16.3 Å². The third kappa shape index (κ3) is 5.55. The van der Waals surface area contributed by atoms with Gasteiger partial charge in [-0.1, -0.05) is 41.9 Å². The van der Waals surface area contributed by atoms with Crippen molar-refractivity contribution in [2.24, 2.45) is 0 Å². The summed E-state index contributed by atoms with van der Waals surface area (Å²) in [5, 5.41) is 11.6. The molecule has 0 aromatic heterocycles. The summed E-state index contributed by atoms with van der Waals surface area (Å²) in [6, 6.07) is 11.4. The zero-order valence-electron chi connectivity index (χ0n) is 12.5. The van der Waals surface area contributed by atoms with Crippen LogP contribution < -0.4 is 5.32 Å². The first kappa shape index (κ1) is 17.7. The van der Waals surface area contributed by atoms with Crippen LogP contribution in [-0.4, -0.2) is 23.2 Å². The normalized spacial score (nSPS) is 11.6. The summed E-state index contributed by atoms with van der Waals surface area (Å²) in [6.07, 6.45) is -0.985. The molecule has 126 valence electrons. The van der Waals surface area contributed by atoms with Crippen LogP contribution in [0.2, 0.25) is 5.02 Å². The summed E-state index contributed by atoms with van der Waals surface area (Å²) in [5.41, 5.74) is 1.13. The maximum absolute atomic E-state index is 13.3. The van der Waals surface area contributed by atoms with E-state index in [1.807, 2.05) is 6.07 Å². The molecule has 0 fully saturated rings. The number of benzene rings is 2. The van der Waals surface area contributed by atoms with E-state index < -0.39 is 23.9 Å². The number of hydrogen-bond donors (Lipinski definition) is 2. The molecular weight excluding hydrogens is 337 g/mol. The summed E-state index contributed by atoms with van der Waals surface area (Å²) in [5.74, 6) is -1.83. The molecule has 2 aromatic carbocycles. The van der Waals surface area contributed by atoms with E-state index in [1.165, 1.54) is 12.1 Å². The molecular formula is C17H15ClFNO4. The topological polar surface area (TPSA) is 75.6 Å². The number of aliphatic carboxylic acids is 1. The molecule has 5 nitrogen and oxygen atoms in total. The fourth-order valence-electron chi connectivity index (χ4n) is 2.07. The van der Waals surface area contributed by atoms with Gasteiger partial charge in [-0.15, -0.1) is 0 Å². The Morgan fingerprint density at radius 2 is 1.88 bits per heavy atom. The molecule has 1 unspecified atom stereocenters. The minimum Gasteiger partial charge on any atom is -0.480 e. The van der Waals surface area contributed by atoms with Crippen LogP contribution >= 0.6 is 11.6 Å².